The molecule has 2 heterocycles. The first kappa shape index (κ1) is 13.2. The minimum atomic E-state index is 0.0923. The highest BCUT2D eigenvalue weighted by Crippen LogP contribution is 2.23. The van der Waals surface area contributed by atoms with E-state index in [1.807, 2.05) is 19.1 Å². The third-order valence-corrected chi connectivity index (χ3v) is 3.04. The first-order chi connectivity index (χ1) is 9.26. The lowest BCUT2D eigenvalue weighted by atomic mass is 10.1. The van der Waals surface area contributed by atoms with Crippen LogP contribution in [0.5, 0.6) is 0 Å². The van der Waals surface area contributed by atoms with Gasteiger partial charge in [-0.15, -0.1) is 0 Å². The van der Waals surface area contributed by atoms with Crippen molar-refractivity contribution in [2.24, 2.45) is 0 Å². The molecule has 0 fully saturated rings. The van der Waals surface area contributed by atoms with E-state index in [-0.39, 0.29) is 5.92 Å². The number of hydrogen-bond donors (Lipinski definition) is 0. The van der Waals surface area contributed by atoms with E-state index in [2.05, 4.69) is 28.1 Å². The number of aryl methyl sites for hydroxylation is 1. The molecule has 1 atom stereocenters. The highest BCUT2D eigenvalue weighted by molar-refractivity contribution is 5.53. The Balaban J connectivity index is 2.23. The molecule has 19 heavy (non-hydrogen) atoms. The van der Waals surface area contributed by atoms with Gasteiger partial charge in [0.25, 0.3) is 0 Å². The van der Waals surface area contributed by atoms with Crippen molar-refractivity contribution < 1.29 is 4.52 Å². The Hall–Kier alpha value is -2.22. The molecule has 0 radical (unpaired) electrons. The average molecular weight is 256 g/mol. The predicted molar refractivity (Wildman–Crippen MR) is 70.2 cm³/mol. The Morgan fingerprint density at radius 3 is 3.05 bits per heavy atom. The number of rotatable bonds is 5. The average Bonchev–Trinajstić information content (AvgIpc) is 2.94. The molecule has 0 saturated heterocycles. The molecule has 0 spiro atoms. The molecule has 0 aliphatic heterocycles. The summed E-state index contributed by atoms with van der Waals surface area (Å²) in [5, 5.41) is 12.6. The van der Waals surface area contributed by atoms with Crippen molar-refractivity contribution in [1.29, 1.82) is 5.26 Å². The standard InChI is InChI=1S/C14H16N4O/c1-3-11-7-5-9-16-12(11)13-17-14(19-18-13)10(2)6-4-8-15/h5,7,9-10H,3-4,6H2,1-2H3. The largest absolute Gasteiger partial charge is 0.339 e. The van der Waals surface area contributed by atoms with Gasteiger partial charge in [0.15, 0.2) is 0 Å². The normalized spacial score (nSPS) is 12.1. The van der Waals surface area contributed by atoms with Crippen molar-refractivity contribution in [3.05, 3.63) is 29.8 Å². The molecule has 2 aromatic heterocycles. The van der Waals surface area contributed by atoms with Crippen LogP contribution in [0.2, 0.25) is 0 Å². The molecule has 0 aliphatic rings. The third kappa shape index (κ3) is 2.97. The van der Waals surface area contributed by atoms with Crippen LogP contribution in [-0.2, 0) is 6.42 Å². The van der Waals surface area contributed by atoms with Crippen LogP contribution in [0.25, 0.3) is 11.5 Å². The zero-order valence-electron chi connectivity index (χ0n) is 11.1. The van der Waals surface area contributed by atoms with Crippen LogP contribution >= 0.6 is 0 Å². The summed E-state index contributed by atoms with van der Waals surface area (Å²) in [4.78, 5) is 8.71. The number of pyridine rings is 1. The maximum atomic E-state index is 8.59. The molecule has 98 valence electrons. The number of aromatic nitrogens is 3. The fourth-order valence-corrected chi connectivity index (χ4v) is 1.86. The van der Waals surface area contributed by atoms with Gasteiger partial charge in [-0.25, -0.2) is 0 Å². The molecule has 2 rings (SSSR count). The molecule has 2 aromatic rings. The van der Waals surface area contributed by atoms with Crippen molar-refractivity contribution in [2.45, 2.75) is 39.0 Å². The van der Waals surface area contributed by atoms with Crippen LogP contribution in [0.4, 0.5) is 0 Å². The lowest BCUT2D eigenvalue weighted by Crippen LogP contribution is -1.95. The zero-order valence-corrected chi connectivity index (χ0v) is 11.1. The molecule has 1 unspecified atom stereocenters. The molecule has 0 amide bonds. The van der Waals surface area contributed by atoms with E-state index in [0.717, 1.165) is 24.1 Å². The van der Waals surface area contributed by atoms with Gasteiger partial charge in [-0.3, -0.25) is 4.98 Å². The number of nitriles is 1. The van der Waals surface area contributed by atoms with Crippen LogP contribution in [0.15, 0.2) is 22.9 Å². The second kappa shape index (κ2) is 6.10. The van der Waals surface area contributed by atoms with E-state index >= 15 is 0 Å². The van der Waals surface area contributed by atoms with Gasteiger partial charge >= 0.3 is 0 Å². The first-order valence-electron chi connectivity index (χ1n) is 6.41. The Bertz CT molecular complexity index is 585. The van der Waals surface area contributed by atoms with E-state index in [4.69, 9.17) is 9.78 Å². The minimum absolute atomic E-state index is 0.0923. The molecular formula is C14H16N4O. The second-order valence-electron chi connectivity index (χ2n) is 4.42. The Kier molecular flexibility index (Phi) is 4.24. The van der Waals surface area contributed by atoms with E-state index in [9.17, 15) is 0 Å². The van der Waals surface area contributed by atoms with Crippen molar-refractivity contribution in [3.63, 3.8) is 0 Å². The zero-order chi connectivity index (χ0) is 13.7. The number of nitrogens with zero attached hydrogens (tertiary/aromatic N) is 4. The maximum absolute atomic E-state index is 8.59. The minimum Gasteiger partial charge on any atom is -0.339 e. The van der Waals surface area contributed by atoms with Gasteiger partial charge in [-0.2, -0.15) is 10.2 Å². The van der Waals surface area contributed by atoms with E-state index in [1.54, 1.807) is 6.20 Å². The molecular weight excluding hydrogens is 240 g/mol. The molecule has 5 nitrogen and oxygen atoms in total. The van der Waals surface area contributed by atoms with Crippen LogP contribution < -0.4 is 0 Å². The van der Waals surface area contributed by atoms with E-state index in [1.165, 1.54) is 0 Å². The summed E-state index contributed by atoms with van der Waals surface area (Å²) in [6.07, 6.45) is 3.81. The fourth-order valence-electron chi connectivity index (χ4n) is 1.86. The lowest BCUT2D eigenvalue weighted by Gasteiger charge is -2.02. The Morgan fingerprint density at radius 2 is 2.32 bits per heavy atom. The van der Waals surface area contributed by atoms with Crippen LogP contribution in [0, 0.1) is 11.3 Å². The van der Waals surface area contributed by atoms with Gasteiger partial charge in [0.1, 0.15) is 5.69 Å². The first-order valence-corrected chi connectivity index (χ1v) is 6.41. The smallest absolute Gasteiger partial charge is 0.229 e. The lowest BCUT2D eigenvalue weighted by molar-refractivity contribution is 0.355. The highest BCUT2D eigenvalue weighted by atomic mass is 16.5. The Labute approximate surface area is 112 Å². The van der Waals surface area contributed by atoms with Gasteiger partial charge in [0.05, 0.1) is 6.07 Å². The summed E-state index contributed by atoms with van der Waals surface area (Å²) < 4.78 is 5.27. The van der Waals surface area contributed by atoms with Crippen molar-refractivity contribution >= 4 is 0 Å². The van der Waals surface area contributed by atoms with Gasteiger partial charge in [0.2, 0.25) is 11.7 Å². The van der Waals surface area contributed by atoms with Gasteiger partial charge in [-0.05, 0) is 24.5 Å². The summed E-state index contributed by atoms with van der Waals surface area (Å²) in [7, 11) is 0. The summed E-state index contributed by atoms with van der Waals surface area (Å²) in [6, 6.07) is 6.04. The quantitative estimate of drug-likeness (QED) is 0.821. The molecule has 0 aromatic carbocycles. The van der Waals surface area contributed by atoms with Gasteiger partial charge in [-0.1, -0.05) is 25.1 Å². The molecule has 0 aliphatic carbocycles. The maximum Gasteiger partial charge on any atom is 0.229 e. The second-order valence-corrected chi connectivity index (χ2v) is 4.42. The molecule has 0 saturated carbocycles. The van der Waals surface area contributed by atoms with Crippen LogP contribution in [-0.4, -0.2) is 15.1 Å². The predicted octanol–water partition coefficient (Wildman–Crippen LogP) is 3.10. The highest BCUT2D eigenvalue weighted by Gasteiger charge is 2.17. The third-order valence-electron chi connectivity index (χ3n) is 3.04. The summed E-state index contributed by atoms with van der Waals surface area (Å²) in [5.41, 5.74) is 1.87. The van der Waals surface area contributed by atoms with E-state index < -0.39 is 0 Å². The van der Waals surface area contributed by atoms with Gasteiger partial charge in [0, 0.05) is 18.5 Å². The van der Waals surface area contributed by atoms with E-state index in [0.29, 0.717) is 18.1 Å². The molecule has 0 N–H and O–H groups in total. The summed E-state index contributed by atoms with van der Waals surface area (Å²) >= 11 is 0. The number of hydrogen-bond acceptors (Lipinski definition) is 5. The topological polar surface area (TPSA) is 75.6 Å². The van der Waals surface area contributed by atoms with Crippen molar-refractivity contribution in [2.75, 3.05) is 0 Å². The Morgan fingerprint density at radius 1 is 1.47 bits per heavy atom. The molecule has 5 heteroatoms. The fraction of sp³-hybridized carbons (Fsp3) is 0.429. The summed E-state index contributed by atoms with van der Waals surface area (Å²) in [5.74, 6) is 1.18. The van der Waals surface area contributed by atoms with Crippen molar-refractivity contribution in [1.82, 2.24) is 15.1 Å². The molecule has 0 bridgehead atoms. The van der Waals surface area contributed by atoms with Crippen molar-refractivity contribution in [3.8, 4) is 17.6 Å². The van der Waals surface area contributed by atoms with Crippen LogP contribution in [0.3, 0.4) is 0 Å². The SMILES string of the molecule is CCc1cccnc1-c1noc(C(C)CCC#N)n1. The van der Waals surface area contributed by atoms with Crippen LogP contribution in [0.1, 0.15) is 44.1 Å². The monoisotopic (exact) mass is 256 g/mol. The summed E-state index contributed by atoms with van der Waals surface area (Å²) in [6.45, 7) is 4.05. The van der Waals surface area contributed by atoms with Gasteiger partial charge < -0.3 is 4.52 Å².